The molecule has 0 saturated carbocycles. The Morgan fingerprint density at radius 3 is 2.50 bits per heavy atom. The Kier molecular flexibility index (Phi) is 4.41. The molecule has 1 aromatic heterocycles. The molecular weight excluding hydrogens is 470 g/mol. The Balaban J connectivity index is 1.83. The van der Waals surface area contributed by atoms with Gasteiger partial charge in [0.15, 0.2) is 5.43 Å². The fourth-order valence-corrected chi connectivity index (χ4v) is 4.37. The van der Waals surface area contributed by atoms with Gasteiger partial charge in [-0.2, -0.15) is 0 Å². The van der Waals surface area contributed by atoms with Crippen LogP contribution < -0.4 is 10.3 Å². The quantitative estimate of drug-likeness (QED) is 0.400. The fourth-order valence-electron chi connectivity index (χ4n) is 3.81. The van der Waals surface area contributed by atoms with E-state index in [1.807, 2.05) is 12.1 Å². The Morgan fingerprint density at radius 1 is 1.00 bits per heavy atom. The van der Waals surface area contributed by atoms with Crippen molar-refractivity contribution in [2.75, 3.05) is 4.90 Å². The number of fused-ring (bicyclic) bond motifs is 2. The molecule has 0 aliphatic carbocycles. The molecule has 5 nitrogen and oxygen atoms in total. The zero-order chi connectivity index (χ0) is 21.0. The molecule has 0 radical (unpaired) electrons. The predicted molar refractivity (Wildman–Crippen MR) is 118 cm³/mol. The van der Waals surface area contributed by atoms with Gasteiger partial charge in [0.25, 0.3) is 5.91 Å². The summed E-state index contributed by atoms with van der Waals surface area (Å²) in [5, 5.41) is 10.4. The molecule has 0 saturated heterocycles. The number of hydrogen-bond donors (Lipinski definition) is 1. The highest BCUT2D eigenvalue weighted by molar-refractivity contribution is 9.10. The van der Waals surface area contributed by atoms with Gasteiger partial charge in [0, 0.05) is 15.2 Å². The normalized spacial score (nSPS) is 15.6. The third-order valence-corrected chi connectivity index (χ3v) is 5.86. The number of rotatable bonds is 2. The number of amides is 1. The van der Waals surface area contributed by atoms with Gasteiger partial charge in [-0.3, -0.25) is 14.5 Å². The van der Waals surface area contributed by atoms with E-state index in [0.29, 0.717) is 27.2 Å². The van der Waals surface area contributed by atoms with E-state index in [4.69, 9.17) is 16.0 Å². The molecule has 2 heterocycles. The SMILES string of the molecule is O=C1c2oc3ccc(Cl)cc3c(=O)c2C(c2ccc(O)cc2)N1c1cccc(Br)c1. The van der Waals surface area contributed by atoms with Crippen molar-refractivity contribution < 1.29 is 14.3 Å². The molecule has 30 heavy (non-hydrogen) atoms. The molecule has 3 aromatic carbocycles. The number of phenolic OH excluding ortho intramolecular Hbond substituents is 1. The summed E-state index contributed by atoms with van der Waals surface area (Å²) in [6.07, 6.45) is 0. The molecule has 7 heteroatoms. The molecule has 148 valence electrons. The van der Waals surface area contributed by atoms with Crippen molar-refractivity contribution in [1.29, 1.82) is 0 Å². The minimum Gasteiger partial charge on any atom is -0.508 e. The lowest BCUT2D eigenvalue weighted by Gasteiger charge is -2.25. The lowest BCUT2D eigenvalue weighted by atomic mass is 9.98. The van der Waals surface area contributed by atoms with Crippen LogP contribution in [0.3, 0.4) is 0 Å². The minimum atomic E-state index is -0.706. The highest BCUT2D eigenvalue weighted by Crippen LogP contribution is 2.42. The van der Waals surface area contributed by atoms with Crippen LogP contribution in [0, 0.1) is 0 Å². The van der Waals surface area contributed by atoms with E-state index in [-0.39, 0.29) is 22.5 Å². The van der Waals surface area contributed by atoms with Crippen LogP contribution in [-0.2, 0) is 0 Å². The van der Waals surface area contributed by atoms with Crippen molar-refractivity contribution in [3.05, 3.63) is 103 Å². The number of nitrogens with zero attached hydrogens (tertiary/aromatic N) is 1. The number of anilines is 1. The molecule has 1 aliphatic heterocycles. The fraction of sp³-hybridized carbons (Fsp3) is 0.0435. The molecule has 1 atom stereocenters. The van der Waals surface area contributed by atoms with E-state index < -0.39 is 11.9 Å². The smallest absolute Gasteiger partial charge is 0.295 e. The van der Waals surface area contributed by atoms with Gasteiger partial charge in [-0.25, -0.2) is 0 Å². The van der Waals surface area contributed by atoms with Gasteiger partial charge >= 0.3 is 0 Å². The Morgan fingerprint density at radius 2 is 1.77 bits per heavy atom. The van der Waals surface area contributed by atoms with Crippen LogP contribution in [0.4, 0.5) is 5.69 Å². The Labute approximate surface area is 184 Å². The Bertz CT molecular complexity index is 1380. The summed E-state index contributed by atoms with van der Waals surface area (Å²) in [5.74, 6) is -0.308. The average Bonchev–Trinajstić information content (AvgIpc) is 3.02. The van der Waals surface area contributed by atoms with Gasteiger partial charge in [0.1, 0.15) is 11.3 Å². The number of halogens is 2. The van der Waals surface area contributed by atoms with E-state index in [9.17, 15) is 14.7 Å². The number of carbonyl (C=O) groups excluding carboxylic acids is 1. The van der Waals surface area contributed by atoms with Crippen molar-refractivity contribution >= 4 is 50.1 Å². The zero-order valence-corrected chi connectivity index (χ0v) is 17.6. The molecule has 1 amide bonds. The summed E-state index contributed by atoms with van der Waals surface area (Å²) in [4.78, 5) is 28.4. The number of benzene rings is 3. The van der Waals surface area contributed by atoms with Crippen LogP contribution in [-0.4, -0.2) is 11.0 Å². The first-order valence-corrected chi connectivity index (χ1v) is 10.3. The molecular formula is C23H13BrClNO4. The van der Waals surface area contributed by atoms with E-state index in [1.54, 1.807) is 42.5 Å². The van der Waals surface area contributed by atoms with Crippen LogP contribution in [0.25, 0.3) is 11.0 Å². The van der Waals surface area contributed by atoms with Gasteiger partial charge in [-0.15, -0.1) is 0 Å². The molecule has 0 spiro atoms. The third kappa shape index (κ3) is 2.91. The summed E-state index contributed by atoms with van der Waals surface area (Å²) in [6, 6.07) is 17.7. The topological polar surface area (TPSA) is 70.8 Å². The second kappa shape index (κ2) is 7.00. The Hall–Kier alpha value is -3.09. The zero-order valence-electron chi connectivity index (χ0n) is 15.3. The van der Waals surface area contributed by atoms with Crippen LogP contribution in [0.1, 0.15) is 27.7 Å². The largest absolute Gasteiger partial charge is 0.508 e. The van der Waals surface area contributed by atoms with Gasteiger partial charge < -0.3 is 9.52 Å². The first-order valence-electron chi connectivity index (χ1n) is 9.08. The minimum absolute atomic E-state index is 0.00729. The summed E-state index contributed by atoms with van der Waals surface area (Å²) in [7, 11) is 0. The van der Waals surface area contributed by atoms with Gasteiger partial charge in [-0.05, 0) is 54.1 Å². The summed E-state index contributed by atoms with van der Waals surface area (Å²) >= 11 is 9.53. The summed E-state index contributed by atoms with van der Waals surface area (Å²) in [5.41, 5.74) is 1.53. The number of aromatic hydroxyl groups is 1. The van der Waals surface area contributed by atoms with Crippen LogP contribution >= 0.6 is 27.5 Å². The van der Waals surface area contributed by atoms with Crippen LogP contribution in [0.5, 0.6) is 5.75 Å². The van der Waals surface area contributed by atoms with Crippen molar-refractivity contribution in [3.63, 3.8) is 0 Å². The van der Waals surface area contributed by atoms with E-state index in [0.717, 1.165) is 4.47 Å². The molecule has 1 N–H and O–H groups in total. The standard InChI is InChI=1S/C23H13BrClNO4/c24-13-2-1-3-15(10-13)26-20(12-4-7-16(27)8-5-12)19-21(28)17-11-14(25)6-9-18(17)30-22(19)23(26)29/h1-11,20,27H. The van der Waals surface area contributed by atoms with Crippen molar-refractivity contribution in [3.8, 4) is 5.75 Å². The third-order valence-electron chi connectivity index (χ3n) is 5.13. The number of carbonyl (C=O) groups is 1. The van der Waals surface area contributed by atoms with Gasteiger partial charge in [0.05, 0.1) is 17.0 Å². The number of phenols is 1. The van der Waals surface area contributed by atoms with Crippen LogP contribution in [0.15, 0.2) is 80.4 Å². The maximum absolute atomic E-state index is 13.5. The summed E-state index contributed by atoms with van der Waals surface area (Å²) in [6.45, 7) is 0. The second-order valence-electron chi connectivity index (χ2n) is 6.96. The van der Waals surface area contributed by atoms with Crippen molar-refractivity contribution in [1.82, 2.24) is 0 Å². The summed E-state index contributed by atoms with van der Waals surface area (Å²) < 4.78 is 6.69. The molecule has 1 aliphatic rings. The maximum atomic E-state index is 13.5. The van der Waals surface area contributed by atoms with E-state index in [2.05, 4.69) is 15.9 Å². The van der Waals surface area contributed by atoms with Crippen LogP contribution in [0.2, 0.25) is 5.02 Å². The van der Waals surface area contributed by atoms with Crippen molar-refractivity contribution in [2.45, 2.75) is 6.04 Å². The molecule has 4 aromatic rings. The number of hydrogen-bond acceptors (Lipinski definition) is 4. The first kappa shape index (κ1) is 18.9. The molecule has 5 rings (SSSR count). The van der Waals surface area contributed by atoms with Gasteiger partial charge in [0.2, 0.25) is 5.76 Å². The van der Waals surface area contributed by atoms with Gasteiger partial charge in [-0.1, -0.05) is 45.7 Å². The van der Waals surface area contributed by atoms with Crippen molar-refractivity contribution in [2.24, 2.45) is 0 Å². The monoisotopic (exact) mass is 481 g/mol. The highest BCUT2D eigenvalue weighted by Gasteiger charge is 2.43. The maximum Gasteiger partial charge on any atom is 0.295 e. The highest BCUT2D eigenvalue weighted by atomic mass is 79.9. The van der Waals surface area contributed by atoms with E-state index >= 15 is 0 Å². The predicted octanol–water partition coefficient (Wildman–Crippen LogP) is 5.66. The lowest BCUT2D eigenvalue weighted by molar-refractivity contribution is 0.0971. The lowest BCUT2D eigenvalue weighted by Crippen LogP contribution is -2.29. The average molecular weight is 483 g/mol. The first-order chi connectivity index (χ1) is 14.4. The molecule has 0 fully saturated rings. The molecule has 1 unspecified atom stereocenters. The molecule has 0 bridgehead atoms. The second-order valence-corrected chi connectivity index (χ2v) is 8.32. The van der Waals surface area contributed by atoms with E-state index in [1.165, 1.54) is 17.0 Å².